The Labute approximate surface area is 142 Å². The van der Waals surface area contributed by atoms with Gasteiger partial charge in [0.25, 0.3) is 0 Å². The van der Waals surface area contributed by atoms with Crippen molar-refractivity contribution in [3.63, 3.8) is 0 Å². The molecule has 1 aliphatic rings. The molecule has 1 aromatic heterocycles. The van der Waals surface area contributed by atoms with Crippen LogP contribution in [0.25, 0.3) is 5.69 Å². The summed E-state index contributed by atoms with van der Waals surface area (Å²) in [6.07, 6.45) is 2.95. The third-order valence-electron chi connectivity index (χ3n) is 3.60. The molecule has 1 aliphatic heterocycles. The van der Waals surface area contributed by atoms with Gasteiger partial charge in [-0.05, 0) is 24.0 Å². The average Bonchev–Trinajstić information content (AvgIpc) is 2.65. The first-order valence-electron chi connectivity index (χ1n) is 6.58. The zero-order valence-corrected chi connectivity index (χ0v) is 14.5. The zero-order valence-electron chi connectivity index (χ0n) is 12.1. The van der Waals surface area contributed by atoms with Crippen LogP contribution in [-0.2, 0) is 13.0 Å². The summed E-state index contributed by atoms with van der Waals surface area (Å²) in [5, 5.41) is 8.75. The van der Waals surface area contributed by atoms with Crippen LogP contribution in [0.1, 0.15) is 25.1 Å². The van der Waals surface area contributed by atoms with Crippen LogP contribution >= 0.6 is 36.4 Å². The molecule has 0 fully saturated rings. The fourth-order valence-corrected chi connectivity index (χ4v) is 2.84. The molecule has 0 bridgehead atoms. The second kappa shape index (κ2) is 7.01. The Kier molecular flexibility index (Phi) is 6.11. The zero-order chi connectivity index (χ0) is 13.5. The first kappa shape index (κ1) is 18.3. The second-order valence-corrected chi connectivity index (χ2v) is 6.33. The highest BCUT2D eigenvalue weighted by molar-refractivity contribution is 6.32. The molecule has 3 nitrogen and oxygen atoms in total. The number of halogens is 3. The van der Waals surface area contributed by atoms with Gasteiger partial charge in [-0.15, -0.1) is 24.8 Å². The Bertz CT molecular complexity index is 608. The van der Waals surface area contributed by atoms with E-state index < -0.39 is 0 Å². The van der Waals surface area contributed by atoms with Crippen LogP contribution in [0, 0.1) is 5.41 Å². The van der Waals surface area contributed by atoms with E-state index >= 15 is 0 Å². The minimum absolute atomic E-state index is 0. The molecule has 0 saturated heterocycles. The average molecular weight is 349 g/mol. The van der Waals surface area contributed by atoms with Gasteiger partial charge >= 0.3 is 0 Å². The first-order valence-corrected chi connectivity index (χ1v) is 6.96. The van der Waals surface area contributed by atoms with Crippen LogP contribution in [0.2, 0.25) is 5.02 Å². The van der Waals surface area contributed by atoms with Gasteiger partial charge in [-0.2, -0.15) is 5.10 Å². The van der Waals surface area contributed by atoms with E-state index in [1.165, 1.54) is 11.3 Å². The van der Waals surface area contributed by atoms with E-state index in [0.717, 1.165) is 30.2 Å². The lowest BCUT2D eigenvalue weighted by atomic mass is 9.88. The lowest BCUT2D eigenvalue weighted by Gasteiger charge is -2.23. The molecule has 0 aliphatic carbocycles. The largest absolute Gasteiger partial charge is 0.312 e. The van der Waals surface area contributed by atoms with Crippen molar-refractivity contribution < 1.29 is 0 Å². The van der Waals surface area contributed by atoms with Crippen LogP contribution in [0.5, 0.6) is 0 Å². The molecule has 2 aromatic rings. The van der Waals surface area contributed by atoms with Crippen molar-refractivity contribution in [2.24, 2.45) is 5.41 Å². The third-order valence-corrected chi connectivity index (χ3v) is 3.92. The molecular formula is C15H20Cl3N3. The van der Waals surface area contributed by atoms with Gasteiger partial charge in [-0.3, -0.25) is 0 Å². The summed E-state index contributed by atoms with van der Waals surface area (Å²) in [6, 6.07) is 7.86. The van der Waals surface area contributed by atoms with E-state index in [4.69, 9.17) is 11.6 Å². The Morgan fingerprint density at radius 1 is 1.24 bits per heavy atom. The molecule has 6 heteroatoms. The quantitative estimate of drug-likeness (QED) is 0.843. The molecule has 0 amide bonds. The maximum absolute atomic E-state index is 6.29. The number of aromatic nitrogens is 2. The molecule has 21 heavy (non-hydrogen) atoms. The Hall–Kier alpha value is -0.740. The van der Waals surface area contributed by atoms with E-state index in [2.05, 4.69) is 24.3 Å². The fourth-order valence-electron chi connectivity index (χ4n) is 2.63. The number of para-hydroxylation sites is 1. The highest BCUT2D eigenvalue weighted by Gasteiger charge is 2.26. The van der Waals surface area contributed by atoms with E-state index in [1.807, 2.05) is 35.1 Å². The van der Waals surface area contributed by atoms with Crippen LogP contribution in [-0.4, -0.2) is 16.3 Å². The molecule has 0 spiro atoms. The Morgan fingerprint density at radius 2 is 1.95 bits per heavy atom. The lowest BCUT2D eigenvalue weighted by molar-refractivity contribution is 0.343. The highest BCUT2D eigenvalue weighted by Crippen LogP contribution is 2.29. The topological polar surface area (TPSA) is 29.9 Å². The van der Waals surface area contributed by atoms with Crippen molar-refractivity contribution in [2.75, 3.05) is 6.54 Å². The molecule has 0 unspecified atom stereocenters. The Morgan fingerprint density at radius 3 is 2.67 bits per heavy atom. The van der Waals surface area contributed by atoms with Gasteiger partial charge < -0.3 is 5.32 Å². The van der Waals surface area contributed by atoms with E-state index in [1.54, 1.807) is 0 Å². The van der Waals surface area contributed by atoms with Gasteiger partial charge in [0.05, 0.1) is 16.9 Å². The van der Waals surface area contributed by atoms with Crippen LogP contribution in [0.15, 0.2) is 30.5 Å². The number of nitrogens with one attached hydrogen (secondary N) is 1. The summed E-state index contributed by atoms with van der Waals surface area (Å²) in [5.41, 5.74) is 3.72. The second-order valence-electron chi connectivity index (χ2n) is 5.92. The van der Waals surface area contributed by atoms with Gasteiger partial charge in [0.15, 0.2) is 0 Å². The van der Waals surface area contributed by atoms with E-state index in [0.29, 0.717) is 0 Å². The summed E-state index contributed by atoms with van der Waals surface area (Å²) in [5.74, 6) is 0. The van der Waals surface area contributed by atoms with Crippen molar-refractivity contribution in [2.45, 2.75) is 26.8 Å². The molecule has 0 radical (unpaired) electrons. The van der Waals surface area contributed by atoms with Crippen LogP contribution < -0.4 is 5.32 Å². The summed E-state index contributed by atoms with van der Waals surface area (Å²) >= 11 is 6.29. The molecule has 1 aromatic carbocycles. The van der Waals surface area contributed by atoms with Crippen molar-refractivity contribution in [1.82, 2.24) is 15.1 Å². The normalized spacial score (nSPS) is 16.1. The van der Waals surface area contributed by atoms with Crippen LogP contribution in [0.4, 0.5) is 0 Å². The standard InChI is InChI=1S/C15H18ClN3.2ClH/c1-15(2)7-14-11(8-17-10-15)9-18-19(14)13-6-4-3-5-12(13)16;;/h3-6,9,17H,7-8,10H2,1-2H3;2*1H. The van der Waals surface area contributed by atoms with Gasteiger partial charge in [0.2, 0.25) is 0 Å². The molecule has 116 valence electrons. The molecule has 3 rings (SSSR count). The minimum Gasteiger partial charge on any atom is -0.312 e. The summed E-state index contributed by atoms with van der Waals surface area (Å²) < 4.78 is 1.99. The number of rotatable bonds is 1. The van der Waals surface area contributed by atoms with Gasteiger partial charge in [0, 0.05) is 24.3 Å². The monoisotopic (exact) mass is 347 g/mol. The minimum atomic E-state index is 0. The van der Waals surface area contributed by atoms with Crippen molar-refractivity contribution in [1.29, 1.82) is 0 Å². The van der Waals surface area contributed by atoms with E-state index in [-0.39, 0.29) is 30.2 Å². The lowest BCUT2D eigenvalue weighted by Crippen LogP contribution is -2.28. The highest BCUT2D eigenvalue weighted by atomic mass is 35.5. The number of fused-ring (bicyclic) bond motifs is 1. The van der Waals surface area contributed by atoms with Gasteiger partial charge in [-0.1, -0.05) is 37.6 Å². The SMILES string of the molecule is CC1(C)CNCc2cnn(-c3ccccc3Cl)c2C1.Cl.Cl. The number of benzene rings is 1. The van der Waals surface area contributed by atoms with Crippen molar-refractivity contribution in [3.8, 4) is 5.69 Å². The van der Waals surface area contributed by atoms with Crippen molar-refractivity contribution >= 4 is 36.4 Å². The van der Waals surface area contributed by atoms with Gasteiger partial charge in [-0.25, -0.2) is 4.68 Å². The molecule has 0 atom stereocenters. The number of nitrogens with zero attached hydrogens (tertiary/aromatic N) is 2. The maximum atomic E-state index is 6.29. The number of hydrogen-bond donors (Lipinski definition) is 1. The molecule has 1 N–H and O–H groups in total. The first-order chi connectivity index (χ1) is 9.07. The smallest absolute Gasteiger partial charge is 0.0835 e. The molecular weight excluding hydrogens is 329 g/mol. The Balaban J connectivity index is 0.00000110. The maximum Gasteiger partial charge on any atom is 0.0835 e. The van der Waals surface area contributed by atoms with E-state index in [9.17, 15) is 0 Å². The molecule has 2 heterocycles. The predicted molar refractivity (Wildman–Crippen MR) is 92.3 cm³/mol. The van der Waals surface area contributed by atoms with Gasteiger partial charge in [0.1, 0.15) is 0 Å². The fraction of sp³-hybridized carbons (Fsp3) is 0.400. The molecule has 0 saturated carbocycles. The number of hydrogen-bond acceptors (Lipinski definition) is 2. The predicted octanol–water partition coefficient (Wildman–Crippen LogP) is 4.04. The third kappa shape index (κ3) is 3.72. The summed E-state index contributed by atoms with van der Waals surface area (Å²) in [6.45, 7) is 6.45. The van der Waals surface area contributed by atoms with Crippen LogP contribution in [0.3, 0.4) is 0 Å². The summed E-state index contributed by atoms with van der Waals surface area (Å²) in [4.78, 5) is 0. The summed E-state index contributed by atoms with van der Waals surface area (Å²) in [7, 11) is 0. The van der Waals surface area contributed by atoms with Crippen molar-refractivity contribution in [3.05, 3.63) is 46.7 Å².